The second kappa shape index (κ2) is 11.8. The Hall–Kier alpha value is -3.72. The number of carbonyl (C=O) groups is 2. The summed E-state index contributed by atoms with van der Waals surface area (Å²) in [7, 11) is -2.72. The molecule has 0 radical (unpaired) electrons. The Kier molecular flexibility index (Phi) is 8.82. The first-order valence-corrected chi connectivity index (χ1v) is 13.0. The van der Waals surface area contributed by atoms with Crippen molar-refractivity contribution in [3.05, 3.63) is 95.8 Å². The Balaban J connectivity index is 2.02. The number of para-hydroxylation sites is 1. The number of benzene rings is 3. The van der Waals surface area contributed by atoms with Crippen LogP contribution in [0.1, 0.15) is 24.5 Å². The Bertz CT molecular complexity index is 1280. The molecule has 0 heterocycles. The van der Waals surface area contributed by atoms with Crippen molar-refractivity contribution in [2.75, 3.05) is 17.9 Å². The number of halogens is 1. The molecule has 0 saturated carbocycles. The zero-order valence-corrected chi connectivity index (χ0v) is 21.3. The van der Waals surface area contributed by atoms with E-state index < -0.39 is 34.3 Å². The molecule has 0 aliphatic rings. The van der Waals surface area contributed by atoms with Crippen LogP contribution in [0, 0.1) is 12.7 Å². The fraction of sp³-hybridized carbons (Fsp3) is 0.259. The van der Waals surface area contributed by atoms with E-state index in [-0.39, 0.29) is 23.0 Å². The molecule has 3 aromatic carbocycles. The van der Waals surface area contributed by atoms with Crippen LogP contribution >= 0.6 is 0 Å². The van der Waals surface area contributed by atoms with Crippen LogP contribution in [-0.2, 0) is 26.2 Å². The molecule has 1 N–H and O–H groups in total. The lowest BCUT2D eigenvalue weighted by atomic mass is 10.1. The molecule has 0 unspecified atom stereocenters. The van der Waals surface area contributed by atoms with Crippen LogP contribution in [0.3, 0.4) is 0 Å². The van der Waals surface area contributed by atoms with Crippen LogP contribution in [0.15, 0.2) is 83.8 Å². The summed E-state index contributed by atoms with van der Waals surface area (Å²) in [5, 5.41) is 2.59. The predicted molar refractivity (Wildman–Crippen MR) is 137 cm³/mol. The number of hydrogen-bond acceptors (Lipinski definition) is 4. The zero-order valence-electron chi connectivity index (χ0n) is 20.5. The third-order valence-electron chi connectivity index (χ3n) is 5.83. The van der Waals surface area contributed by atoms with Gasteiger partial charge in [0.15, 0.2) is 0 Å². The van der Waals surface area contributed by atoms with Crippen LogP contribution in [-0.4, -0.2) is 44.8 Å². The summed E-state index contributed by atoms with van der Waals surface area (Å²) in [5.41, 5.74) is 2.14. The van der Waals surface area contributed by atoms with Gasteiger partial charge in [-0.05, 0) is 55.3 Å². The molecule has 7 nitrogen and oxygen atoms in total. The van der Waals surface area contributed by atoms with Gasteiger partial charge in [0.2, 0.25) is 11.8 Å². The van der Waals surface area contributed by atoms with Crippen molar-refractivity contribution < 1.29 is 22.4 Å². The Morgan fingerprint density at radius 1 is 0.944 bits per heavy atom. The van der Waals surface area contributed by atoms with Gasteiger partial charge >= 0.3 is 0 Å². The van der Waals surface area contributed by atoms with Gasteiger partial charge in [0.05, 0.1) is 10.6 Å². The average molecular weight is 512 g/mol. The van der Waals surface area contributed by atoms with Gasteiger partial charge in [0, 0.05) is 13.6 Å². The van der Waals surface area contributed by atoms with E-state index in [4.69, 9.17) is 0 Å². The number of anilines is 1. The van der Waals surface area contributed by atoms with Crippen molar-refractivity contribution in [1.82, 2.24) is 10.2 Å². The largest absolute Gasteiger partial charge is 0.357 e. The molecule has 0 aliphatic carbocycles. The van der Waals surface area contributed by atoms with E-state index in [2.05, 4.69) is 5.32 Å². The molecule has 0 aromatic heterocycles. The molecule has 0 bridgehead atoms. The van der Waals surface area contributed by atoms with E-state index in [0.29, 0.717) is 6.42 Å². The van der Waals surface area contributed by atoms with Crippen LogP contribution < -0.4 is 9.62 Å². The SMILES string of the molecule is CC[C@@H](C(=O)NC)N(Cc1ccc(C)cc1)C(=O)CN(c1ccccc1)S(=O)(=O)c1ccc(F)cc1. The normalized spacial score (nSPS) is 12.0. The maximum absolute atomic E-state index is 13.7. The Labute approximate surface area is 211 Å². The summed E-state index contributed by atoms with van der Waals surface area (Å²) in [6.45, 7) is 3.33. The highest BCUT2D eigenvalue weighted by molar-refractivity contribution is 7.92. The minimum Gasteiger partial charge on any atom is -0.357 e. The lowest BCUT2D eigenvalue weighted by molar-refractivity contribution is -0.140. The summed E-state index contributed by atoms with van der Waals surface area (Å²) in [6, 6.07) is 19.4. The highest BCUT2D eigenvalue weighted by Gasteiger charge is 2.33. The smallest absolute Gasteiger partial charge is 0.264 e. The Morgan fingerprint density at radius 2 is 1.56 bits per heavy atom. The molecule has 0 saturated heterocycles. The summed E-state index contributed by atoms with van der Waals surface area (Å²) < 4.78 is 41.6. The maximum atomic E-state index is 13.7. The molecule has 190 valence electrons. The van der Waals surface area contributed by atoms with E-state index in [1.54, 1.807) is 37.3 Å². The number of nitrogens with one attached hydrogen (secondary N) is 1. The minimum atomic E-state index is -4.22. The monoisotopic (exact) mass is 511 g/mol. The topological polar surface area (TPSA) is 86.8 Å². The van der Waals surface area contributed by atoms with Gasteiger partial charge in [-0.2, -0.15) is 0 Å². The first-order valence-electron chi connectivity index (χ1n) is 11.6. The highest BCUT2D eigenvalue weighted by atomic mass is 32.2. The fourth-order valence-corrected chi connectivity index (χ4v) is 5.25. The summed E-state index contributed by atoms with van der Waals surface area (Å²) >= 11 is 0. The van der Waals surface area contributed by atoms with Gasteiger partial charge in [-0.15, -0.1) is 0 Å². The van der Waals surface area contributed by atoms with Crippen molar-refractivity contribution >= 4 is 27.5 Å². The van der Waals surface area contributed by atoms with Gasteiger partial charge in [0.25, 0.3) is 10.0 Å². The third-order valence-corrected chi connectivity index (χ3v) is 7.62. The van der Waals surface area contributed by atoms with Gasteiger partial charge in [0.1, 0.15) is 18.4 Å². The van der Waals surface area contributed by atoms with E-state index in [9.17, 15) is 22.4 Å². The second-order valence-electron chi connectivity index (χ2n) is 8.35. The molecule has 1 atom stereocenters. The lowest BCUT2D eigenvalue weighted by Crippen LogP contribution is -2.51. The number of carbonyl (C=O) groups excluding carboxylic acids is 2. The number of hydrogen-bond donors (Lipinski definition) is 1. The molecule has 0 fully saturated rings. The van der Waals surface area contributed by atoms with Gasteiger partial charge in [-0.25, -0.2) is 12.8 Å². The fourth-order valence-electron chi connectivity index (χ4n) is 3.83. The van der Waals surface area contributed by atoms with Crippen molar-refractivity contribution in [1.29, 1.82) is 0 Å². The zero-order chi connectivity index (χ0) is 26.3. The van der Waals surface area contributed by atoms with Crippen LogP contribution in [0.2, 0.25) is 0 Å². The van der Waals surface area contributed by atoms with Crippen LogP contribution in [0.25, 0.3) is 0 Å². The predicted octanol–water partition coefficient (Wildman–Crippen LogP) is 3.88. The number of likely N-dealkylation sites (N-methyl/N-ethyl adjacent to an activating group) is 1. The molecule has 3 aromatic rings. The van der Waals surface area contributed by atoms with E-state index >= 15 is 0 Å². The van der Waals surface area contributed by atoms with Crippen molar-refractivity contribution in [2.45, 2.75) is 37.8 Å². The summed E-state index contributed by atoms with van der Waals surface area (Å²) in [6.07, 6.45) is 0.341. The van der Waals surface area contributed by atoms with Crippen LogP contribution in [0.5, 0.6) is 0 Å². The molecule has 0 aliphatic heterocycles. The number of aryl methyl sites for hydroxylation is 1. The quantitative estimate of drug-likeness (QED) is 0.448. The molecule has 36 heavy (non-hydrogen) atoms. The van der Waals surface area contributed by atoms with E-state index in [1.807, 2.05) is 31.2 Å². The third kappa shape index (κ3) is 6.28. The van der Waals surface area contributed by atoms with Gasteiger partial charge in [-0.1, -0.05) is 55.0 Å². The van der Waals surface area contributed by atoms with Crippen LogP contribution in [0.4, 0.5) is 10.1 Å². The summed E-state index contributed by atoms with van der Waals surface area (Å²) in [4.78, 5) is 27.7. The highest BCUT2D eigenvalue weighted by Crippen LogP contribution is 2.25. The Morgan fingerprint density at radius 3 is 2.11 bits per heavy atom. The molecule has 0 spiro atoms. The van der Waals surface area contributed by atoms with Crippen molar-refractivity contribution in [2.24, 2.45) is 0 Å². The number of amides is 2. The maximum Gasteiger partial charge on any atom is 0.264 e. The standard InChI is InChI=1S/C27H30FN3O4S/c1-4-25(27(33)29-3)30(18-21-12-10-20(2)11-13-21)26(32)19-31(23-8-6-5-7-9-23)36(34,35)24-16-14-22(28)15-17-24/h5-17,25H,4,18-19H2,1-3H3,(H,29,33)/t25-/m0/s1. The van der Waals surface area contributed by atoms with Crippen molar-refractivity contribution in [3.8, 4) is 0 Å². The molecular weight excluding hydrogens is 481 g/mol. The molecule has 3 rings (SSSR count). The molecule has 2 amide bonds. The van der Waals surface area contributed by atoms with E-state index in [1.165, 1.54) is 11.9 Å². The lowest BCUT2D eigenvalue weighted by Gasteiger charge is -2.33. The van der Waals surface area contributed by atoms with Gasteiger partial charge in [-0.3, -0.25) is 13.9 Å². The van der Waals surface area contributed by atoms with E-state index in [0.717, 1.165) is 39.7 Å². The number of rotatable bonds is 10. The molecule has 9 heteroatoms. The van der Waals surface area contributed by atoms with Crippen molar-refractivity contribution in [3.63, 3.8) is 0 Å². The first-order chi connectivity index (χ1) is 17.2. The number of nitrogens with zero attached hydrogens (tertiary/aromatic N) is 2. The van der Waals surface area contributed by atoms with Gasteiger partial charge < -0.3 is 10.2 Å². The average Bonchev–Trinajstić information content (AvgIpc) is 2.88. The second-order valence-corrected chi connectivity index (χ2v) is 10.2. The summed E-state index contributed by atoms with van der Waals surface area (Å²) in [5.74, 6) is -1.46. The molecular formula is C27H30FN3O4S. The number of sulfonamides is 1. The first kappa shape index (κ1) is 26.9. The minimum absolute atomic E-state index is 0.129.